The lowest BCUT2D eigenvalue weighted by molar-refractivity contribution is -0.332. The molecule has 0 radical (unpaired) electrons. The summed E-state index contributed by atoms with van der Waals surface area (Å²) in [5.41, 5.74) is 0. The van der Waals surface area contributed by atoms with Crippen molar-refractivity contribution >= 4 is 5.97 Å². The van der Waals surface area contributed by atoms with E-state index in [1.807, 2.05) is 0 Å². The molecule has 2 aliphatic rings. The highest BCUT2D eigenvalue weighted by Crippen LogP contribution is 2.26. The van der Waals surface area contributed by atoms with Gasteiger partial charge in [0, 0.05) is 13.0 Å². The number of hydrogen-bond acceptors (Lipinski definition) is 14. The van der Waals surface area contributed by atoms with Gasteiger partial charge in [-0.25, -0.2) is 0 Å². The summed E-state index contributed by atoms with van der Waals surface area (Å²) in [5, 5.41) is 72.0. The summed E-state index contributed by atoms with van der Waals surface area (Å²) >= 11 is 0. The van der Waals surface area contributed by atoms with Crippen LogP contribution < -0.4 is 0 Å². The van der Waals surface area contributed by atoms with Crippen LogP contribution in [0.4, 0.5) is 0 Å². The molecule has 0 bridgehead atoms. The van der Waals surface area contributed by atoms with E-state index in [4.69, 9.17) is 28.4 Å². The Morgan fingerprint density at radius 3 is 1.61 bits per heavy atom. The molecule has 0 aromatic heterocycles. The third-order valence-corrected chi connectivity index (χ3v) is 11.4. The van der Waals surface area contributed by atoms with E-state index in [2.05, 4.69) is 50.3 Å². The van der Waals surface area contributed by atoms with Gasteiger partial charge in [0.2, 0.25) is 0 Å². The van der Waals surface area contributed by atoms with E-state index in [-0.39, 0.29) is 19.6 Å². The number of carbonyl (C=O) groups excluding carboxylic acids is 1. The minimum Gasteiger partial charge on any atom is -0.457 e. The number of aliphatic hydroxyl groups excluding tert-OH is 7. The molecule has 62 heavy (non-hydrogen) atoms. The van der Waals surface area contributed by atoms with Crippen LogP contribution in [0.3, 0.4) is 0 Å². The second-order valence-electron chi connectivity index (χ2n) is 16.9. The lowest BCUT2D eigenvalue weighted by atomic mass is 9.98. The summed E-state index contributed by atoms with van der Waals surface area (Å²) in [7, 11) is 0. The summed E-state index contributed by atoms with van der Waals surface area (Å²) in [5.74, 6) is -0.393. The molecule has 2 heterocycles. The van der Waals surface area contributed by atoms with Crippen molar-refractivity contribution in [2.24, 2.45) is 0 Å². The molecule has 11 unspecified atom stereocenters. The van der Waals surface area contributed by atoms with Crippen LogP contribution in [0.1, 0.15) is 162 Å². The molecular weight excluding hydrogens is 801 g/mol. The molecular formula is C48H86O14. The molecule has 0 saturated carbocycles. The molecule has 0 amide bonds. The van der Waals surface area contributed by atoms with Gasteiger partial charge in [-0.05, 0) is 64.2 Å². The first-order valence-electron chi connectivity index (χ1n) is 24.1. The van der Waals surface area contributed by atoms with E-state index in [1.165, 1.54) is 57.8 Å². The Kier molecular flexibility index (Phi) is 33.1. The normalized spacial score (nSPS) is 27.5. The number of esters is 1. The van der Waals surface area contributed by atoms with Crippen LogP contribution in [0, 0.1) is 0 Å². The van der Waals surface area contributed by atoms with Crippen molar-refractivity contribution in [3.63, 3.8) is 0 Å². The van der Waals surface area contributed by atoms with Gasteiger partial charge in [-0.15, -0.1) is 0 Å². The van der Waals surface area contributed by atoms with E-state index in [9.17, 15) is 40.5 Å². The second kappa shape index (κ2) is 36.4. The summed E-state index contributed by atoms with van der Waals surface area (Å²) < 4.78 is 34.2. The molecule has 2 fully saturated rings. The molecule has 2 rings (SSSR count). The van der Waals surface area contributed by atoms with Crippen molar-refractivity contribution in [1.82, 2.24) is 0 Å². The molecule has 14 heteroatoms. The number of hydrogen-bond donors (Lipinski definition) is 7. The van der Waals surface area contributed by atoms with E-state index >= 15 is 0 Å². The molecule has 0 spiro atoms. The topological polar surface area (TPSA) is 214 Å². The highest BCUT2D eigenvalue weighted by atomic mass is 16.7. The van der Waals surface area contributed by atoms with Gasteiger partial charge in [0.05, 0.1) is 26.4 Å². The maximum atomic E-state index is 13.0. The Hall–Kier alpha value is -1.79. The summed E-state index contributed by atoms with van der Waals surface area (Å²) in [6.07, 6.45) is 22.1. The number of unbranched alkanes of at least 4 members (excludes halogenated alkanes) is 17. The fourth-order valence-electron chi connectivity index (χ4n) is 7.35. The molecule has 7 N–H and O–H groups in total. The van der Waals surface area contributed by atoms with Crippen molar-refractivity contribution < 1.29 is 69.0 Å². The minimum absolute atomic E-state index is 0.0516. The summed E-state index contributed by atoms with van der Waals surface area (Å²) in [6.45, 7) is 3.59. The van der Waals surface area contributed by atoms with Gasteiger partial charge >= 0.3 is 5.97 Å². The number of carbonyl (C=O) groups is 1. The molecule has 11 atom stereocenters. The number of ether oxygens (including phenoxy) is 6. The van der Waals surface area contributed by atoms with Crippen molar-refractivity contribution in [3.05, 3.63) is 36.5 Å². The van der Waals surface area contributed by atoms with Gasteiger partial charge in [0.15, 0.2) is 12.6 Å². The molecule has 0 aromatic carbocycles. The molecule has 0 aliphatic carbocycles. The first-order chi connectivity index (χ1) is 30.1. The second-order valence-corrected chi connectivity index (χ2v) is 16.9. The van der Waals surface area contributed by atoms with Crippen LogP contribution in [-0.2, 0) is 33.2 Å². The lowest BCUT2D eigenvalue weighted by Gasteiger charge is -2.42. The van der Waals surface area contributed by atoms with Crippen LogP contribution in [0.15, 0.2) is 36.5 Å². The van der Waals surface area contributed by atoms with E-state index in [0.717, 1.165) is 77.0 Å². The Balaban J connectivity index is 1.80. The van der Waals surface area contributed by atoms with Crippen molar-refractivity contribution in [2.45, 2.75) is 229 Å². The van der Waals surface area contributed by atoms with Crippen LogP contribution >= 0.6 is 0 Å². The highest BCUT2D eigenvalue weighted by molar-refractivity contribution is 5.69. The van der Waals surface area contributed by atoms with Crippen molar-refractivity contribution in [2.75, 3.05) is 33.0 Å². The van der Waals surface area contributed by atoms with Gasteiger partial charge in [-0.3, -0.25) is 4.79 Å². The average molecular weight is 887 g/mol. The standard InChI is InChI=1S/C48H86O14/c1-3-5-7-9-11-13-15-17-18-19-20-21-23-25-27-29-31-40(50)60-37(34-57-32-30-28-26-24-22-16-14-12-10-8-6-4-2)35-58-47-46(56)44(54)42(52)39(62-47)36-59-48-45(55)43(53)41(51)38(33-49)61-48/h10,12-13,15,18-19,37-39,41-49,51-56H,3-9,11,14,16-17,20-36H2,1-2H3/b12-10-,15-13-,19-18-. The SMILES string of the molecule is CCCC/C=C\CCCCCCCCOCC(COC1OC(COC2OC(CO)C(O)C(O)C2O)C(O)C(O)C1O)OC(=O)CCCCCCC/C=C\C/C=C\CCCCCC. The summed E-state index contributed by atoms with van der Waals surface area (Å²) in [4.78, 5) is 13.0. The Bertz CT molecular complexity index is 1170. The van der Waals surface area contributed by atoms with Crippen LogP contribution in [-0.4, -0.2) is 142 Å². The first-order valence-corrected chi connectivity index (χ1v) is 24.1. The lowest BCUT2D eigenvalue weighted by Crippen LogP contribution is -2.61. The van der Waals surface area contributed by atoms with Crippen LogP contribution in [0.2, 0.25) is 0 Å². The average Bonchev–Trinajstić information content (AvgIpc) is 3.27. The monoisotopic (exact) mass is 887 g/mol. The Morgan fingerprint density at radius 1 is 0.532 bits per heavy atom. The fourth-order valence-corrected chi connectivity index (χ4v) is 7.35. The largest absolute Gasteiger partial charge is 0.457 e. The van der Waals surface area contributed by atoms with Crippen molar-refractivity contribution in [1.29, 1.82) is 0 Å². The zero-order chi connectivity index (χ0) is 45.2. The van der Waals surface area contributed by atoms with E-state index in [0.29, 0.717) is 13.0 Å². The van der Waals surface area contributed by atoms with Crippen LogP contribution in [0.25, 0.3) is 0 Å². The number of rotatable bonds is 37. The Labute approximate surface area is 372 Å². The number of aliphatic hydroxyl groups is 7. The van der Waals surface area contributed by atoms with Gasteiger partial charge in [0.1, 0.15) is 54.9 Å². The number of allylic oxidation sites excluding steroid dienone is 6. The minimum atomic E-state index is -1.71. The quantitative estimate of drug-likeness (QED) is 0.0209. The smallest absolute Gasteiger partial charge is 0.306 e. The van der Waals surface area contributed by atoms with Crippen LogP contribution in [0.5, 0.6) is 0 Å². The Morgan fingerprint density at radius 2 is 1.02 bits per heavy atom. The van der Waals surface area contributed by atoms with Crippen molar-refractivity contribution in [3.8, 4) is 0 Å². The van der Waals surface area contributed by atoms with E-state index < -0.39 is 86.7 Å². The molecule has 2 aliphatic heterocycles. The molecule has 14 nitrogen and oxygen atoms in total. The predicted octanol–water partition coefficient (Wildman–Crippen LogP) is 6.24. The summed E-state index contributed by atoms with van der Waals surface area (Å²) in [6, 6.07) is 0. The van der Waals surface area contributed by atoms with Gasteiger partial charge in [-0.1, -0.05) is 127 Å². The van der Waals surface area contributed by atoms with E-state index in [1.54, 1.807) is 0 Å². The van der Waals surface area contributed by atoms with Gasteiger partial charge in [0.25, 0.3) is 0 Å². The van der Waals surface area contributed by atoms with Gasteiger partial charge in [-0.2, -0.15) is 0 Å². The molecule has 0 aromatic rings. The zero-order valence-corrected chi connectivity index (χ0v) is 38.1. The third kappa shape index (κ3) is 24.5. The fraction of sp³-hybridized carbons (Fsp3) is 0.854. The maximum Gasteiger partial charge on any atom is 0.306 e. The zero-order valence-electron chi connectivity index (χ0n) is 38.1. The van der Waals surface area contributed by atoms with Gasteiger partial charge < -0.3 is 64.2 Å². The molecule has 362 valence electrons. The highest BCUT2D eigenvalue weighted by Gasteiger charge is 2.47. The molecule has 2 saturated heterocycles. The first kappa shape index (κ1) is 56.3. The third-order valence-electron chi connectivity index (χ3n) is 11.4. The predicted molar refractivity (Wildman–Crippen MR) is 238 cm³/mol. The maximum absolute atomic E-state index is 13.0.